The Hall–Kier alpha value is -0.970. The summed E-state index contributed by atoms with van der Waals surface area (Å²) >= 11 is 0. The van der Waals surface area contributed by atoms with Crippen molar-refractivity contribution in [3.05, 3.63) is 35.6 Å². The average Bonchev–Trinajstić information content (AvgIpc) is 2.43. The quantitative estimate of drug-likeness (QED) is 0.896. The van der Waals surface area contributed by atoms with Crippen LogP contribution in [0.4, 0.5) is 4.39 Å². The highest BCUT2D eigenvalue weighted by Crippen LogP contribution is 2.21. The summed E-state index contributed by atoms with van der Waals surface area (Å²) in [7, 11) is 0. The van der Waals surface area contributed by atoms with E-state index < -0.39 is 0 Å². The molecule has 4 heteroatoms. The first-order valence-electron chi connectivity index (χ1n) is 7.52. The molecule has 1 atom stereocenters. The van der Waals surface area contributed by atoms with Gasteiger partial charge < -0.3 is 10.6 Å². The minimum atomic E-state index is -0.189. The van der Waals surface area contributed by atoms with Gasteiger partial charge in [-0.3, -0.25) is 4.90 Å². The van der Waals surface area contributed by atoms with Gasteiger partial charge >= 0.3 is 0 Å². The standard InChI is InChI=1S/C16H26FN3/c1-13(2)12-19-7-9-20(10-8-19)16(11-18)14-3-5-15(17)6-4-14/h3-6,13,16H,7-12,18H2,1-2H3. The zero-order valence-corrected chi connectivity index (χ0v) is 12.6. The predicted molar refractivity (Wildman–Crippen MR) is 81.0 cm³/mol. The molecule has 0 aromatic heterocycles. The van der Waals surface area contributed by atoms with E-state index in [9.17, 15) is 4.39 Å². The molecule has 1 aromatic carbocycles. The summed E-state index contributed by atoms with van der Waals surface area (Å²) in [5.74, 6) is 0.523. The molecular formula is C16H26FN3. The smallest absolute Gasteiger partial charge is 0.123 e. The Bertz CT molecular complexity index is 397. The largest absolute Gasteiger partial charge is 0.329 e. The topological polar surface area (TPSA) is 32.5 Å². The normalized spacial score (nSPS) is 19.4. The lowest BCUT2D eigenvalue weighted by atomic mass is 10.0. The van der Waals surface area contributed by atoms with E-state index in [1.54, 1.807) is 0 Å². The second kappa shape index (κ2) is 7.16. The van der Waals surface area contributed by atoms with E-state index in [0.29, 0.717) is 12.5 Å². The Morgan fingerprint density at radius 2 is 1.70 bits per heavy atom. The van der Waals surface area contributed by atoms with Gasteiger partial charge in [0.25, 0.3) is 0 Å². The van der Waals surface area contributed by atoms with Gasteiger partial charge in [-0.25, -0.2) is 4.39 Å². The SMILES string of the molecule is CC(C)CN1CCN(C(CN)c2ccc(F)cc2)CC1. The molecule has 0 radical (unpaired) electrons. The third kappa shape index (κ3) is 4.01. The van der Waals surface area contributed by atoms with Crippen LogP contribution in [0.2, 0.25) is 0 Å². The molecule has 0 saturated carbocycles. The molecule has 0 amide bonds. The van der Waals surface area contributed by atoms with E-state index >= 15 is 0 Å². The van der Waals surface area contributed by atoms with Crippen LogP contribution >= 0.6 is 0 Å². The molecule has 2 N–H and O–H groups in total. The number of nitrogens with zero attached hydrogens (tertiary/aromatic N) is 2. The van der Waals surface area contributed by atoms with Crippen LogP contribution in [-0.4, -0.2) is 49.1 Å². The van der Waals surface area contributed by atoms with E-state index in [0.717, 1.165) is 38.3 Å². The van der Waals surface area contributed by atoms with Crippen molar-refractivity contribution in [2.75, 3.05) is 39.3 Å². The minimum absolute atomic E-state index is 0.189. The van der Waals surface area contributed by atoms with E-state index in [4.69, 9.17) is 5.73 Å². The molecule has 1 saturated heterocycles. The highest BCUT2D eigenvalue weighted by atomic mass is 19.1. The molecular weight excluding hydrogens is 253 g/mol. The Kier molecular flexibility index (Phi) is 5.52. The van der Waals surface area contributed by atoms with Gasteiger partial charge in [-0.15, -0.1) is 0 Å². The van der Waals surface area contributed by atoms with Crippen LogP contribution in [0.5, 0.6) is 0 Å². The summed E-state index contributed by atoms with van der Waals surface area (Å²) in [6, 6.07) is 6.96. The van der Waals surface area contributed by atoms with Gasteiger partial charge in [-0.2, -0.15) is 0 Å². The van der Waals surface area contributed by atoms with Gasteiger partial charge in [0.2, 0.25) is 0 Å². The van der Waals surface area contributed by atoms with Crippen molar-refractivity contribution in [3.63, 3.8) is 0 Å². The van der Waals surface area contributed by atoms with Crippen LogP contribution in [0.1, 0.15) is 25.5 Å². The number of rotatable bonds is 5. The lowest BCUT2D eigenvalue weighted by molar-refractivity contribution is 0.0912. The van der Waals surface area contributed by atoms with E-state index in [-0.39, 0.29) is 11.9 Å². The van der Waals surface area contributed by atoms with Crippen LogP contribution < -0.4 is 5.73 Å². The first-order valence-corrected chi connectivity index (χ1v) is 7.52. The summed E-state index contributed by atoms with van der Waals surface area (Å²) in [5, 5.41) is 0. The molecule has 1 unspecified atom stereocenters. The summed E-state index contributed by atoms with van der Waals surface area (Å²) in [6.07, 6.45) is 0. The Labute approximate surface area is 121 Å². The molecule has 112 valence electrons. The molecule has 2 rings (SSSR count). The average molecular weight is 279 g/mol. The highest BCUT2D eigenvalue weighted by Gasteiger charge is 2.24. The summed E-state index contributed by atoms with van der Waals surface area (Å²) in [5.41, 5.74) is 7.06. The number of benzene rings is 1. The Morgan fingerprint density at radius 3 is 2.20 bits per heavy atom. The third-order valence-corrected chi connectivity index (χ3v) is 3.95. The molecule has 0 bridgehead atoms. The second-order valence-corrected chi connectivity index (χ2v) is 6.03. The zero-order valence-electron chi connectivity index (χ0n) is 12.6. The van der Waals surface area contributed by atoms with Crippen molar-refractivity contribution in [2.24, 2.45) is 11.7 Å². The fourth-order valence-corrected chi connectivity index (χ4v) is 2.95. The van der Waals surface area contributed by atoms with Crippen molar-refractivity contribution < 1.29 is 4.39 Å². The van der Waals surface area contributed by atoms with Gasteiger partial charge in [0.1, 0.15) is 5.82 Å². The number of hydrogen-bond donors (Lipinski definition) is 1. The number of halogens is 1. The number of piperazine rings is 1. The summed E-state index contributed by atoms with van der Waals surface area (Å²) < 4.78 is 13.0. The molecule has 1 fully saturated rings. The highest BCUT2D eigenvalue weighted by molar-refractivity contribution is 5.20. The van der Waals surface area contributed by atoms with Crippen LogP contribution in [0, 0.1) is 11.7 Å². The van der Waals surface area contributed by atoms with E-state index in [1.807, 2.05) is 12.1 Å². The van der Waals surface area contributed by atoms with Crippen LogP contribution in [0.3, 0.4) is 0 Å². The second-order valence-electron chi connectivity index (χ2n) is 6.03. The third-order valence-electron chi connectivity index (χ3n) is 3.95. The molecule has 0 spiro atoms. The van der Waals surface area contributed by atoms with Crippen molar-refractivity contribution >= 4 is 0 Å². The maximum Gasteiger partial charge on any atom is 0.123 e. The number of nitrogens with two attached hydrogens (primary N) is 1. The lowest BCUT2D eigenvalue weighted by Crippen LogP contribution is -2.49. The monoisotopic (exact) mass is 279 g/mol. The van der Waals surface area contributed by atoms with Crippen molar-refractivity contribution in [2.45, 2.75) is 19.9 Å². The Balaban J connectivity index is 1.95. The van der Waals surface area contributed by atoms with E-state index in [2.05, 4.69) is 23.6 Å². The Morgan fingerprint density at radius 1 is 1.10 bits per heavy atom. The van der Waals surface area contributed by atoms with Gasteiger partial charge in [0.05, 0.1) is 0 Å². The fourth-order valence-electron chi connectivity index (χ4n) is 2.95. The maximum atomic E-state index is 13.0. The fraction of sp³-hybridized carbons (Fsp3) is 0.625. The van der Waals surface area contributed by atoms with Crippen LogP contribution in [-0.2, 0) is 0 Å². The molecule has 1 aromatic rings. The summed E-state index contributed by atoms with van der Waals surface area (Å²) in [6.45, 7) is 10.5. The van der Waals surface area contributed by atoms with Gasteiger partial charge in [0.15, 0.2) is 0 Å². The van der Waals surface area contributed by atoms with Crippen molar-refractivity contribution in [3.8, 4) is 0 Å². The van der Waals surface area contributed by atoms with E-state index in [1.165, 1.54) is 12.1 Å². The predicted octanol–water partition coefficient (Wildman–Crippen LogP) is 2.10. The molecule has 3 nitrogen and oxygen atoms in total. The van der Waals surface area contributed by atoms with Crippen molar-refractivity contribution in [1.29, 1.82) is 0 Å². The van der Waals surface area contributed by atoms with Crippen molar-refractivity contribution in [1.82, 2.24) is 9.80 Å². The van der Waals surface area contributed by atoms with Gasteiger partial charge in [-0.1, -0.05) is 26.0 Å². The first kappa shape index (κ1) is 15.4. The molecule has 20 heavy (non-hydrogen) atoms. The molecule has 1 heterocycles. The maximum absolute atomic E-state index is 13.0. The minimum Gasteiger partial charge on any atom is -0.329 e. The lowest BCUT2D eigenvalue weighted by Gasteiger charge is -2.39. The molecule has 1 aliphatic heterocycles. The zero-order chi connectivity index (χ0) is 14.5. The van der Waals surface area contributed by atoms with Crippen LogP contribution in [0.15, 0.2) is 24.3 Å². The molecule has 1 aliphatic rings. The van der Waals surface area contributed by atoms with Gasteiger partial charge in [0, 0.05) is 45.3 Å². The summed E-state index contributed by atoms with van der Waals surface area (Å²) in [4.78, 5) is 4.93. The first-order chi connectivity index (χ1) is 9.60. The molecule has 0 aliphatic carbocycles. The van der Waals surface area contributed by atoms with Gasteiger partial charge in [-0.05, 0) is 23.6 Å². The van der Waals surface area contributed by atoms with Crippen LogP contribution in [0.25, 0.3) is 0 Å². The number of hydrogen-bond acceptors (Lipinski definition) is 3.